The molecule has 0 atom stereocenters. The van der Waals surface area contributed by atoms with Crippen LogP contribution in [-0.2, 0) is 16.7 Å². The summed E-state index contributed by atoms with van der Waals surface area (Å²) in [5, 5.41) is 0. The molecule has 0 aliphatic heterocycles. The number of rotatable bonds is 2. The maximum Gasteiger partial charge on any atom is 0.171 e. The monoisotopic (exact) mass is 263 g/mol. The van der Waals surface area contributed by atoms with Gasteiger partial charge >= 0.3 is 0 Å². The van der Waals surface area contributed by atoms with Gasteiger partial charge in [0.05, 0.1) is 10.1 Å². The Labute approximate surface area is 102 Å². The molecular formula is C10H17NO3S2. The quantitative estimate of drug-likeness (QED) is 0.485. The van der Waals surface area contributed by atoms with Gasteiger partial charge in [-0.3, -0.25) is 0 Å². The molecule has 0 aliphatic rings. The zero-order chi connectivity index (χ0) is 12.8. The van der Waals surface area contributed by atoms with Crippen LogP contribution in [0.1, 0.15) is 11.1 Å². The van der Waals surface area contributed by atoms with Gasteiger partial charge in [0, 0.05) is 23.1 Å². The fraction of sp³-hybridized carbons (Fsp3) is 0.500. The Kier molecular flexibility index (Phi) is 6.62. The summed E-state index contributed by atoms with van der Waals surface area (Å²) in [4.78, 5) is 0. The van der Waals surface area contributed by atoms with E-state index in [0.717, 1.165) is 12.3 Å². The van der Waals surface area contributed by atoms with Crippen molar-refractivity contribution in [1.29, 1.82) is 0 Å². The minimum Gasteiger partial charge on any atom is -0.748 e. The Bertz CT molecular complexity index is 401. The van der Waals surface area contributed by atoms with Gasteiger partial charge in [-0.1, -0.05) is 0 Å². The van der Waals surface area contributed by atoms with E-state index >= 15 is 0 Å². The molecular weight excluding hydrogens is 246 g/mol. The Morgan fingerprint density at radius 2 is 1.69 bits per heavy atom. The molecule has 0 unspecified atom stereocenters. The summed E-state index contributed by atoms with van der Waals surface area (Å²) in [5.41, 5.74) is 2.62. The van der Waals surface area contributed by atoms with Crippen LogP contribution in [0.15, 0.2) is 18.5 Å². The molecule has 0 spiro atoms. The molecule has 0 saturated heterocycles. The van der Waals surface area contributed by atoms with Crippen LogP contribution in [0.4, 0.5) is 0 Å². The Morgan fingerprint density at radius 1 is 1.31 bits per heavy atom. The molecule has 16 heavy (non-hydrogen) atoms. The van der Waals surface area contributed by atoms with E-state index < -0.39 is 10.1 Å². The topological polar surface area (TPSA) is 61.1 Å². The second-order valence-corrected chi connectivity index (χ2v) is 5.41. The van der Waals surface area contributed by atoms with E-state index in [1.54, 1.807) is 0 Å². The zero-order valence-electron chi connectivity index (χ0n) is 9.67. The largest absolute Gasteiger partial charge is 0.748 e. The number of hydrogen-bond donors (Lipinski definition) is 1. The molecule has 1 rings (SSSR count). The lowest BCUT2D eigenvalue weighted by Gasteiger charge is -1.96. The molecule has 6 heteroatoms. The van der Waals surface area contributed by atoms with Crippen LogP contribution >= 0.6 is 12.6 Å². The van der Waals surface area contributed by atoms with Crippen LogP contribution < -0.4 is 4.57 Å². The van der Waals surface area contributed by atoms with Gasteiger partial charge < -0.3 is 4.55 Å². The third-order valence-corrected chi connectivity index (χ3v) is 1.75. The van der Waals surface area contributed by atoms with Gasteiger partial charge in [-0.25, -0.2) is 13.0 Å². The average Bonchev–Trinajstić information content (AvgIpc) is 1.98. The third-order valence-electron chi connectivity index (χ3n) is 1.55. The zero-order valence-corrected chi connectivity index (χ0v) is 11.4. The number of hydrogen-bond acceptors (Lipinski definition) is 4. The van der Waals surface area contributed by atoms with Crippen molar-refractivity contribution < 1.29 is 17.5 Å². The molecule has 0 aromatic carbocycles. The van der Waals surface area contributed by atoms with E-state index in [-0.39, 0.29) is 0 Å². The number of thiol groups is 1. The summed E-state index contributed by atoms with van der Waals surface area (Å²) in [7, 11) is -3.92. The molecule has 0 fully saturated rings. The summed E-state index contributed by atoms with van der Waals surface area (Å²) in [6.45, 7) is 5.22. The SMILES string of the molecule is CS(=O)(=O)[O-].Cc1cc(C)c[n+](CCS)c1. The Balaban J connectivity index is 0.000000385. The normalized spacial score (nSPS) is 10.6. The minimum absolute atomic E-state index is 0.604. The molecule has 0 N–H and O–H groups in total. The molecule has 1 heterocycles. The van der Waals surface area contributed by atoms with E-state index in [1.807, 2.05) is 0 Å². The van der Waals surface area contributed by atoms with Crippen molar-refractivity contribution in [3.8, 4) is 0 Å². The number of aryl methyl sites for hydroxylation is 3. The van der Waals surface area contributed by atoms with Crippen molar-refractivity contribution in [2.45, 2.75) is 20.4 Å². The van der Waals surface area contributed by atoms with E-state index in [0.29, 0.717) is 6.26 Å². The molecule has 0 radical (unpaired) electrons. The van der Waals surface area contributed by atoms with E-state index in [1.165, 1.54) is 11.1 Å². The lowest BCUT2D eigenvalue weighted by Crippen LogP contribution is -2.34. The minimum atomic E-state index is -3.92. The smallest absolute Gasteiger partial charge is 0.171 e. The summed E-state index contributed by atoms with van der Waals surface area (Å²) in [6.07, 6.45) is 4.89. The number of aromatic nitrogens is 1. The maximum atomic E-state index is 9.08. The first-order valence-corrected chi connectivity index (χ1v) is 7.16. The van der Waals surface area contributed by atoms with Crippen LogP contribution in [0.25, 0.3) is 0 Å². The van der Waals surface area contributed by atoms with Gasteiger partial charge in [-0.05, 0) is 19.9 Å². The van der Waals surface area contributed by atoms with Crippen molar-refractivity contribution in [3.63, 3.8) is 0 Å². The molecule has 0 aliphatic carbocycles. The third kappa shape index (κ3) is 9.95. The average molecular weight is 263 g/mol. The first-order valence-electron chi connectivity index (χ1n) is 4.71. The molecule has 92 valence electrons. The fourth-order valence-electron chi connectivity index (χ4n) is 1.24. The van der Waals surface area contributed by atoms with Crippen LogP contribution in [0.2, 0.25) is 0 Å². The van der Waals surface area contributed by atoms with Gasteiger partial charge in [0.25, 0.3) is 0 Å². The van der Waals surface area contributed by atoms with Crippen molar-refractivity contribution in [2.24, 2.45) is 0 Å². The highest BCUT2D eigenvalue weighted by atomic mass is 32.2. The summed E-state index contributed by atoms with van der Waals surface area (Å²) in [6, 6.07) is 2.18. The molecule has 0 bridgehead atoms. The summed E-state index contributed by atoms with van der Waals surface area (Å²) < 4.78 is 29.4. The van der Waals surface area contributed by atoms with E-state index in [2.05, 4.69) is 49.5 Å². The first-order chi connectivity index (χ1) is 7.22. The predicted molar refractivity (Wildman–Crippen MR) is 65.6 cm³/mol. The summed E-state index contributed by atoms with van der Waals surface area (Å²) >= 11 is 4.18. The fourth-order valence-corrected chi connectivity index (χ4v) is 1.47. The van der Waals surface area contributed by atoms with Crippen LogP contribution in [0, 0.1) is 13.8 Å². The summed E-state index contributed by atoms with van der Waals surface area (Å²) in [5.74, 6) is 0.896. The Hall–Kier alpha value is -0.590. The van der Waals surface area contributed by atoms with E-state index in [4.69, 9.17) is 13.0 Å². The highest BCUT2D eigenvalue weighted by molar-refractivity contribution is 7.84. The molecule has 1 aromatic rings. The number of nitrogens with zero attached hydrogens (tertiary/aromatic N) is 1. The van der Waals surface area contributed by atoms with Gasteiger partial charge in [-0.2, -0.15) is 12.6 Å². The van der Waals surface area contributed by atoms with Gasteiger partial charge in [-0.15, -0.1) is 0 Å². The first kappa shape index (κ1) is 15.4. The van der Waals surface area contributed by atoms with Crippen molar-refractivity contribution in [3.05, 3.63) is 29.6 Å². The second-order valence-electron chi connectivity index (χ2n) is 3.56. The highest BCUT2D eigenvalue weighted by Crippen LogP contribution is 1.96. The molecule has 1 aromatic heterocycles. The Morgan fingerprint density at radius 3 is 2.00 bits per heavy atom. The molecule has 0 saturated carbocycles. The van der Waals surface area contributed by atoms with Gasteiger partial charge in [0.2, 0.25) is 0 Å². The highest BCUT2D eigenvalue weighted by Gasteiger charge is 1.99. The van der Waals surface area contributed by atoms with Crippen LogP contribution in [0.3, 0.4) is 0 Å². The lowest BCUT2D eigenvalue weighted by atomic mass is 10.2. The standard InChI is InChI=1S/C9H13NS.CH4O3S/c1-8-5-9(2)7-10(6-8)3-4-11;1-5(2,3)4/h5-7H,3-4H2,1-2H3;1H3,(H,2,3,4). The van der Waals surface area contributed by atoms with Crippen LogP contribution in [-0.4, -0.2) is 25.0 Å². The van der Waals surface area contributed by atoms with Gasteiger partial charge in [0.1, 0.15) is 0 Å². The van der Waals surface area contributed by atoms with Crippen molar-refractivity contribution >= 4 is 22.7 Å². The molecule has 0 amide bonds. The van der Waals surface area contributed by atoms with Gasteiger partial charge in [0.15, 0.2) is 18.9 Å². The van der Waals surface area contributed by atoms with Crippen molar-refractivity contribution in [2.75, 3.05) is 12.0 Å². The second kappa shape index (κ2) is 6.88. The maximum absolute atomic E-state index is 9.08. The lowest BCUT2D eigenvalue weighted by molar-refractivity contribution is -0.693. The van der Waals surface area contributed by atoms with E-state index in [9.17, 15) is 0 Å². The van der Waals surface area contributed by atoms with Crippen LogP contribution in [0.5, 0.6) is 0 Å². The molecule has 4 nitrogen and oxygen atoms in total. The predicted octanol–water partition coefficient (Wildman–Crippen LogP) is 0.682. The van der Waals surface area contributed by atoms with Crippen molar-refractivity contribution in [1.82, 2.24) is 0 Å². The number of pyridine rings is 1.